The van der Waals surface area contributed by atoms with Gasteiger partial charge in [-0.1, -0.05) is 45.9 Å². The molecule has 2 rings (SSSR count). The van der Waals surface area contributed by atoms with Crippen molar-refractivity contribution in [2.45, 2.75) is 51.4 Å². The average molecular weight is 301 g/mol. The lowest BCUT2D eigenvalue weighted by molar-refractivity contribution is -0.162. The van der Waals surface area contributed by atoms with Gasteiger partial charge in [-0.2, -0.15) is 0 Å². The molecule has 0 N–H and O–H groups in total. The highest BCUT2D eigenvalue weighted by atomic mass is 16.7. The van der Waals surface area contributed by atoms with Gasteiger partial charge in [-0.25, -0.2) is 5.06 Å². The molecular formula is C19H27NO2. The van der Waals surface area contributed by atoms with Crippen LogP contribution in [0.25, 0.3) is 6.08 Å². The minimum Gasteiger partial charge on any atom is -0.274 e. The van der Waals surface area contributed by atoms with E-state index in [0.717, 1.165) is 5.56 Å². The van der Waals surface area contributed by atoms with E-state index in [0.29, 0.717) is 0 Å². The van der Waals surface area contributed by atoms with E-state index in [1.807, 2.05) is 6.08 Å². The molecule has 3 heteroatoms. The van der Waals surface area contributed by atoms with Crippen LogP contribution in [0.2, 0.25) is 0 Å². The van der Waals surface area contributed by atoms with Gasteiger partial charge >= 0.3 is 0 Å². The largest absolute Gasteiger partial charge is 0.274 e. The molecule has 0 spiro atoms. The van der Waals surface area contributed by atoms with Gasteiger partial charge in [0.2, 0.25) is 0 Å². The molecule has 1 amide bonds. The Labute approximate surface area is 133 Å². The highest BCUT2D eigenvalue weighted by Gasteiger charge is 2.36. The summed E-state index contributed by atoms with van der Waals surface area (Å²) in [5, 5.41) is 1.21. The quantitative estimate of drug-likeness (QED) is 0.622. The molecule has 0 aromatic heterocycles. The van der Waals surface area contributed by atoms with Crippen LogP contribution in [0.5, 0.6) is 0 Å². The number of rotatable bonds is 3. The second-order valence-electron chi connectivity index (χ2n) is 7.42. The topological polar surface area (TPSA) is 29.5 Å². The maximum absolute atomic E-state index is 11.8. The molecule has 1 aromatic carbocycles. The molecule has 0 bridgehead atoms. The number of amides is 1. The Morgan fingerprint density at radius 3 is 2.32 bits per heavy atom. The molecule has 1 aliphatic carbocycles. The molecule has 1 aromatic rings. The van der Waals surface area contributed by atoms with E-state index < -0.39 is 0 Å². The molecule has 0 unspecified atom stereocenters. The molecule has 0 saturated heterocycles. The Bertz CT molecular complexity index is 599. The molecule has 0 radical (unpaired) electrons. The zero-order valence-corrected chi connectivity index (χ0v) is 14.6. The number of likely N-dealkylation sites (N-methyl/N-ethyl adjacent to an activating group) is 1. The number of hydroxylamine groups is 2. The average Bonchev–Trinajstić information content (AvgIpc) is 2.48. The van der Waals surface area contributed by atoms with E-state index in [4.69, 9.17) is 4.84 Å². The normalized spacial score (nSPS) is 19.0. The van der Waals surface area contributed by atoms with Crippen LogP contribution in [0, 0.1) is 0 Å². The minimum atomic E-state index is -0.167. The summed E-state index contributed by atoms with van der Waals surface area (Å²) in [6, 6.07) is 6.55. The second-order valence-corrected chi connectivity index (χ2v) is 7.42. The van der Waals surface area contributed by atoms with Crippen molar-refractivity contribution in [1.29, 1.82) is 0 Å². The van der Waals surface area contributed by atoms with E-state index in [2.05, 4.69) is 45.9 Å². The number of benzene rings is 1. The number of carbonyl (C=O) groups is 1. The van der Waals surface area contributed by atoms with Crippen LogP contribution >= 0.6 is 0 Å². The third-order valence-electron chi connectivity index (χ3n) is 4.88. The van der Waals surface area contributed by atoms with Gasteiger partial charge in [0.15, 0.2) is 0 Å². The summed E-state index contributed by atoms with van der Waals surface area (Å²) in [6.07, 6.45) is 5.80. The zero-order valence-electron chi connectivity index (χ0n) is 14.6. The third kappa shape index (κ3) is 3.25. The van der Waals surface area contributed by atoms with Crippen molar-refractivity contribution in [3.05, 3.63) is 41.0 Å². The van der Waals surface area contributed by atoms with Crippen LogP contribution in [0.15, 0.2) is 24.3 Å². The summed E-state index contributed by atoms with van der Waals surface area (Å²) >= 11 is 0. The Kier molecular flexibility index (Phi) is 4.48. The van der Waals surface area contributed by atoms with Gasteiger partial charge in [-0.15, -0.1) is 0 Å². The summed E-state index contributed by atoms with van der Waals surface area (Å²) in [7, 11) is 3.08. The van der Waals surface area contributed by atoms with Crippen molar-refractivity contribution in [3.63, 3.8) is 0 Å². The fraction of sp³-hybridized carbons (Fsp3) is 0.526. The van der Waals surface area contributed by atoms with Gasteiger partial charge in [-0.05, 0) is 46.4 Å². The SMILES string of the molecule is CON(C)C(=O)C=Cc1ccc2c(c1)C(C)(C)CCC2(C)C. The predicted octanol–water partition coefficient (Wildman–Crippen LogP) is 4.07. The summed E-state index contributed by atoms with van der Waals surface area (Å²) in [5.74, 6) is -0.167. The van der Waals surface area contributed by atoms with Gasteiger partial charge in [-0.3, -0.25) is 9.63 Å². The number of hydrogen-bond donors (Lipinski definition) is 0. The standard InChI is InChI=1S/C19H27NO2/c1-18(2)11-12-19(3,4)16-13-14(7-9-15(16)18)8-10-17(21)20(5)22-6/h7-10,13H,11-12H2,1-6H3. The molecule has 0 aliphatic heterocycles. The van der Waals surface area contributed by atoms with Crippen molar-refractivity contribution in [3.8, 4) is 0 Å². The van der Waals surface area contributed by atoms with E-state index in [9.17, 15) is 4.79 Å². The fourth-order valence-corrected chi connectivity index (χ4v) is 3.07. The monoisotopic (exact) mass is 301 g/mol. The molecule has 0 saturated carbocycles. The van der Waals surface area contributed by atoms with Crippen LogP contribution in [0.1, 0.15) is 57.2 Å². The Hall–Kier alpha value is -1.61. The van der Waals surface area contributed by atoms with E-state index in [1.54, 1.807) is 13.1 Å². The molecule has 3 nitrogen and oxygen atoms in total. The van der Waals surface area contributed by atoms with Gasteiger partial charge in [0, 0.05) is 13.1 Å². The smallest absolute Gasteiger partial charge is 0.269 e. The fourth-order valence-electron chi connectivity index (χ4n) is 3.07. The van der Waals surface area contributed by atoms with Crippen molar-refractivity contribution in [2.75, 3.05) is 14.2 Å². The van der Waals surface area contributed by atoms with Crippen molar-refractivity contribution < 1.29 is 9.63 Å². The van der Waals surface area contributed by atoms with Gasteiger partial charge in [0.1, 0.15) is 0 Å². The molecule has 22 heavy (non-hydrogen) atoms. The molecule has 0 fully saturated rings. The summed E-state index contributed by atoms with van der Waals surface area (Å²) in [6.45, 7) is 9.23. The number of nitrogens with zero attached hydrogens (tertiary/aromatic N) is 1. The first-order chi connectivity index (χ1) is 10.2. The predicted molar refractivity (Wildman–Crippen MR) is 90.5 cm³/mol. The summed E-state index contributed by atoms with van der Waals surface area (Å²) < 4.78 is 0. The van der Waals surface area contributed by atoms with E-state index in [1.165, 1.54) is 36.1 Å². The lowest BCUT2D eigenvalue weighted by Crippen LogP contribution is -2.33. The number of hydrogen-bond acceptors (Lipinski definition) is 2. The van der Waals surface area contributed by atoms with Crippen LogP contribution in [-0.4, -0.2) is 25.1 Å². The maximum Gasteiger partial charge on any atom is 0.269 e. The zero-order chi connectivity index (χ0) is 16.5. The van der Waals surface area contributed by atoms with Crippen molar-refractivity contribution in [2.24, 2.45) is 0 Å². The maximum atomic E-state index is 11.8. The van der Waals surface area contributed by atoms with Gasteiger partial charge < -0.3 is 0 Å². The van der Waals surface area contributed by atoms with E-state index in [-0.39, 0.29) is 16.7 Å². The summed E-state index contributed by atoms with van der Waals surface area (Å²) in [5.41, 5.74) is 4.29. The minimum absolute atomic E-state index is 0.167. The molecular weight excluding hydrogens is 274 g/mol. The molecule has 0 atom stereocenters. The first-order valence-electron chi connectivity index (χ1n) is 7.82. The van der Waals surface area contributed by atoms with Gasteiger partial charge in [0.05, 0.1) is 7.11 Å². The van der Waals surface area contributed by atoms with Crippen molar-refractivity contribution in [1.82, 2.24) is 5.06 Å². The Balaban J connectivity index is 2.35. The number of carbonyl (C=O) groups excluding carboxylic acids is 1. The van der Waals surface area contributed by atoms with Crippen LogP contribution in [0.3, 0.4) is 0 Å². The first-order valence-corrected chi connectivity index (χ1v) is 7.82. The van der Waals surface area contributed by atoms with E-state index >= 15 is 0 Å². The second kappa shape index (κ2) is 5.88. The Morgan fingerprint density at radius 1 is 1.14 bits per heavy atom. The van der Waals surface area contributed by atoms with Gasteiger partial charge in [0.25, 0.3) is 5.91 Å². The highest BCUT2D eigenvalue weighted by molar-refractivity contribution is 5.90. The van der Waals surface area contributed by atoms with Crippen molar-refractivity contribution >= 4 is 12.0 Å². The first kappa shape index (κ1) is 16.8. The molecule has 0 heterocycles. The number of fused-ring (bicyclic) bond motifs is 1. The summed E-state index contributed by atoms with van der Waals surface area (Å²) in [4.78, 5) is 16.7. The van der Waals surface area contributed by atoms with Crippen LogP contribution in [-0.2, 0) is 20.5 Å². The lowest BCUT2D eigenvalue weighted by Gasteiger charge is -2.42. The lowest BCUT2D eigenvalue weighted by atomic mass is 9.63. The molecule has 1 aliphatic rings. The third-order valence-corrected chi connectivity index (χ3v) is 4.88. The van der Waals surface area contributed by atoms with Crippen LogP contribution < -0.4 is 0 Å². The van der Waals surface area contributed by atoms with Crippen LogP contribution in [0.4, 0.5) is 0 Å². The molecule has 120 valence electrons. The Morgan fingerprint density at radius 2 is 1.73 bits per heavy atom. The highest BCUT2D eigenvalue weighted by Crippen LogP contribution is 2.45.